The predicted molar refractivity (Wildman–Crippen MR) is 135 cm³/mol. The molecular weight excluding hydrogens is 452 g/mol. The standard InChI is InChI=1S/C26H29ClN4O3/c1-5-34-26(33)29-23(20-10-7-6-8-11-20)15-25(32)30-28-16-21-14-17(2)31(19(21)4)24-13-9-12-22(27)18(24)3/h6-14,16,23H,5,15H2,1-4H3,(H,29,33)(H,30,32)/b28-16-/t23-/m1/s1. The summed E-state index contributed by atoms with van der Waals surface area (Å²) in [6, 6.07) is 16.5. The third-order valence-electron chi connectivity index (χ3n) is 5.50. The first-order chi connectivity index (χ1) is 16.3. The second-order valence-electron chi connectivity index (χ2n) is 7.87. The minimum Gasteiger partial charge on any atom is -0.450 e. The Hall–Kier alpha value is -3.58. The Morgan fingerprint density at radius 1 is 1.12 bits per heavy atom. The molecule has 7 nitrogen and oxygen atoms in total. The smallest absolute Gasteiger partial charge is 0.407 e. The fourth-order valence-corrected chi connectivity index (χ4v) is 3.95. The van der Waals surface area contributed by atoms with Crippen LogP contribution in [0.1, 0.15) is 47.5 Å². The van der Waals surface area contributed by atoms with Crippen molar-refractivity contribution in [3.8, 4) is 5.69 Å². The largest absolute Gasteiger partial charge is 0.450 e. The van der Waals surface area contributed by atoms with Crippen molar-refractivity contribution in [2.45, 2.75) is 40.2 Å². The number of alkyl carbamates (subject to hydrolysis) is 1. The molecule has 0 unspecified atom stereocenters. The van der Waals surface area contributed by atoms with Crippen LogP contribution in [0.3, 0.4) is 0 Å². The SMILES string of the molecule is CCOC(=O)N[C@H](CC(=O)N/N=C\c1cc(C)n(-c2cccc(Cl)c2C)c1C)c1ccccc1. The Morgan fingerprint density at radius 2 is 1.85 bits per heavy atom. The van der Waals surface area contributed by atoms with Crippen LogP contribution in [0.25, 0.3) is 5.69 Å². The number of aryl methyl sites for hydroxylation is 1. The van der Waals surface area contributed by atoms with E-state index in [2.05, 4.69) is 20.4 Å². The second-order valence-corrected chi connectivity index (χ2v) is 8.28. The Labute approximate surface area is 204 Å². The van der Waals surface area contributed by atoms with Crippen LogP contribution < -0.4 is 10.7 Å². The molecule has 34 heavy (non-hydrogen) atoms. The molecule has 8 heteroatoms. The highest BCUT2D eigenvalue weighted by molar-refractivity contribution is 6.31. The molecule has 0 aliphatic carbocycles. The molecule has 0 bridgehead atoms. The average Bonchev–Trinajstić information content (AvgIpc) is 3.09. The number of hydrazone groups is 1. The summed E-state index contributed by atoms with van der Waals surface area (Å²) in [5.74, 6) is -0.332. The Morgan fingerprint density at radius 3 is 2.56 bits per heavy atom. The van der Waals surface area contributed by atoms with E-state index < -0.39 is 12.1 Å². The van der Waals surface area contributed by atoms with Crippen molar-refractivity contribution in [2.24, 2.45) is 5.10 Å². The van der Waals surface area contributed by atoms with Gasteiger partial charge in [-0.2, -0.15) is 5.10 Å². The number of hydrogen-bond acceptors (Lipinski definition) is 4. The number of benzene rings is 2. The molecule has 0 saturated heterocycles. The molecule has 0 saturated carbocycles. The maximum absolute atomic E-state index is 12.6. The topological polar surface area (TPSA) is 84.7 Å². The van der Waals surface area contributed by atoms with Crippen molar-refractivity contribution >= 4 is 29.8 Å². The summed E-state index contributed by atoms with van der Waals surface area (Å²) in [4.78, 5) is 24.5. The third kappa shape index (κ3) is 6.05. The van der Waals surface area contributed by atoms with Crippen molar-refractivity contribution in [1.29, 1.82) is 0 Å². The summed E-state index contributed by atoms with van der Waals surface area (Å²) in [7, 11) is 0. The van der Waals surface area contributed by atoms with Crippen LogP contribution in [0.5, 0.6) is 0 Å². The van der Waals surface area contributed by atoms with E-state index in [0.717, 1.165) is 33.8 Å². The van der Waals surface area contributed by atoms with Crippen molar-refractivity contribution in [1.82, 2.24) is 15.3 Å². The van der Waals surface area contributed by atoms with E-state index in [1.54, 1.807) is 13.1 Å². The molecule has 2 aromatic carbocycles. The summed E-state index contributed by atoms with van der Waals surface area (Å²) in [5, 5.41) is 7.58. The van der Waals surface area contributed by atoms with Gasteiger partial charge >= 0.3 is 6.09 Å². The van der Waals surface area contributed by atoms with Gasteiger partial charge in [-0.15, -0.1) is 0 Å². The molecule has 2 amide bonds. The third-order valence-corrected chi connectivity index (χ3v) is 5.91. The van der Waals surface area contributed by atoms with Crippen LogP contribution in [0.4, 0.5) is 4.79 Å². The fourth-order valence-electron chi connectivity index (χ4n) is 3.78. The zero-order valence-electron chi connectivity index (χ0n) is 19.8. The summed E-state index contributed by atoms with van der Waals surface area (Å²) in [6.45, 7) is 7.96. The molecule has 2 N–H and O–H groups in total. The van der Waals surface area contributed by atoms with Gasteiger partial charge in [-0.05, 0) is 57.0 Å². The summed E-state index contributed by atoms with van der Waals surface area (Å²) >= 11 is 6.31. The fraction of sp³-hybridized carbons (Fsp3) is 0.269. The minimum atomic E-state index is -0.573. The van der Waals surface area contributed by atoms with Crippen molar-refractivity contribution in [3.63, 3.8) is 0 Å². The van der Waals surface area contributed by atoms with Gasteiger partial charge in [0.15, 0.2) is 0 Å². The lowest BCUT2D eigenvalue weighted by Crippen LogP contribution is -2.33. The Bertz CT molecular complexity index is 1190. The summed E-state index contributed by atoms with van der Waals surface area (Å²) in [5.41, 5.74) is 8.23. The average molecular weight is 481 g/mol. The highest BCUT2D eigenvalue weighted by Gasteiger charge is 2.19. The van der Waals surface area contributed by atoms with E-state index in [9.17, 15) is 9.59 Å². The van der Waals surface area contributed by atoms with E-state index in [-0.39, 0.29) is 18.9 Å². The molecule has 3 rings (SSSR count). The number of carbonyl (C=O) groups is 2. The lowest BCUT2D eigenvalue weighted by atomic mass is 10.0. The molecule has 0 radical (unpaired) electrons. The van der Waals surface area contributed by atoms with Crippen LogP contribution >= 0.6 is 11.6 Å². The molecule has 0 fully saturated rings. The van der Waals surface area contributed by atoms with Crippen molar-refractivity contribution < 1.29 is 14.3 Å². The van der Waals surface area contributed by atoms with E-state index >= 15 is 0 Å². The molecule has 1 aromatic heterocycles. The van der Waals surface area contributed by atoms with Crippen molar-refractivity contribution in [2.75, 3.05) is 6.61 Å². The number of ether oxygens (including phenoxy) is 1. The van der Waals surface area contributed by atoms with Crippen LogP contribution in [0, 0.1) is 20.8 Å². The lowest BCUT2D eigenvalue weighted by molar-refractivity contribution is -0.121. The van der Waals surface area contributed by atoms with E-state index in [1.807, 2.05) is 75.4 Å². The van der Waals surface area contributed by atoms with Crippen LogP contribution in [0.15, 0.2) is 59.7 Å². The van der Waals surface area contributed by atoms with Gasteiger partial charge in [0.1, 0.15) is 0 Å². The highest BCUT2D eigenvalue weighted by atomic mass is 35.5. The van der Waals surface area contributed by atoms with Gasteiger partial charge in [0.2, 0.25) is 5.91 Å². The number of carbonyl (C=O) groups excluding carboxylic acids is 2. The van der Waals surface area contributed by atoms with Crippen LogP contribution in [-0.4, -0.2) is 29.4 Å². The summed E-state index contributed by atoms with van der Waals surface area (Å²) in [6.07, 6.45) is 1.06. The number of amides is 2. The zero-order chi connectivity index (χ0) is 24.7. The number of aromatic nitrogens is 1. The van der Waals surface area contributed by atoms with Gasteiger partial charge < -0.3 is 14.6 Å². The van der Waals surface area contributed by atoms with E-state index in [4.69, 9.17) is 16.3 Å². The maximum atomic E-state index is 12.6. The summed E-state index contributed by atoms with van der Waals surface area (Å²) < 4.78 is 7.08. The van der Waals surface area contributed by atoms with Gasteiger partial charge in [0.05, 0.1) is 25.3 Å². The van der Waals surface area contributed by atoms with Crippen molar-refractivity contribution in [3.05, 3.63) is 87.7 Å². The number of rotatable bonds is 8. The van der Waals surface area contributed by atoms with Gasteiger partial charge in [-0.1, -0.05) is 48.0 Å². The van der Waals surface area contributed by atoms with Gasteiger partial charge in [-0.3, -0.25) is 4.79 Å². The molecule has 0 aliphatic heterocycles. The predicted octanol–water partition coefficient (Wildman–Crippen LogP) is 5.38. The second kappa shape index (κ2) is 11.5. The molecule has 0 spiro atoms. The number of hydrogen-bond donors (Lipinski definition) is 2. The zero-order valence-corrected chi connectivity index (χ0v) is 20.5. The highest BCUT2D eigenvalue weighted by Crippen LogP contribution is 2.26. The van der Waals surface area contributed by atoms with E-state index in [1.165, 1.54) is 0 Å². The normalized spacial score (nSPS) is 11.9. The molecule has 1 heterocycles. The first-order valence-corrected chi connectivity index (χ1v) is 11.4. The first kappa shape index (κ1) is 25.1. The number of halogens is 1. The maximum Gasteiger partial charge on any atom is 0.407 e. The lowest BCUT2D eigenvalue weighted by Gasteiger charge is -2.18. The van der Waals surface area contributed by atoms with Gasteiger partial charge in [0, 0.05) is 27.7 Å². The van der Waals surface area contributed by atoms with Gasteiger partial charge in [0.25, 0.3) is 0 Å². The quantitative estimate of drug-likeness (QED) is 0.335. The monoisotopic (exact) mass is 480 g/mol. The van der Waals surface area contributed by atoms with Gasteiger partial charge in [-0.25, -0.2) is 10.2 Å². The number of nitrogens with one attached hydrogen (secondary N) is 2. The Kier molecular flexibility index (Phi) is 8.49. The minimum absolute atomic E-state index is 0.0148. The van der Waals surface area contributed by atoms with Crippen LogP contribution in [-0.2, 0) is 9.53 Å². The molecular formula is C26H29ClN4O3. The van der Waals surface area contributed by atoms with E-state index in [0.29, 0.717) is 5.02 Å². The molecule has 1 atom stereocenters. The first-order valence-electron chi connectivity index (χ1n) is 11.1. The molecule has 3 aromatic rings. The Balaban J connectivity index is 1.71. The molecule has 178 valence electrons. The van der Waals surface area contributed by atoms with Crippen LogP contribution in [0.2, 0.25) is 5.02 Å². The molecule has 0 aliphatic rings. The number of nitrogens with zero attached hydrogens (tertiary/aromatic N) is 2.